The molecule has 10 nitrogen and oxygen atoms in total. The highest BCUT2D eigenvalue weighted by molar-refractivity contribution is 8.00. The fraction of sp³-hybridized carbons (Fsp3) is 0.231. The zero-order valence-electron chi connectivity index (χ0n) is 28.0. The number of rotatable bonds is 16. The van der Waals surface area contributed by atoms with Crippen LogP contribution in [0, 0.1) is 0 Å². The molecule has 2 amide bonds. The predicted octanol–water partition coefficient (Wildman–Crippen LogP) is 5.10. The summed E-state index contributed by atoms with van der Waals surface area (Å²) < 4.78 is 3.16. The summed E-state index contributed by atoms with van der Waals surface area (Å²) in [7, 11) is 0. The molecule has 0 saturated heterocycles. The van der Waals surface area contributed by atoms with E-state index < -0.39 is 0 Å². The van der Waals surface area contributed by atoms with Gasteiger partial charge in [-0.25, -0.2) is 9.97 Å². The van der Waals surface area contributed by atoms with Crippen molar-refractivity contribution in [3.05, 3.63) is 141 Å². The smallest absolute Gasteiger partial charge is 0.262 e. The van der Waals surface area contributed by atoms with Crippen LogP contribution >= 0.6 is 23.5 Å². The van der Waals surface area contributed by atoms with Gasteiger partial charge in [0.2, 0.25) is 11.8 Å². The Balaban J connectivity index is 1.14. The van der Waals surface area contributed by atoms with Crippen molar-refractivity contribution >= 4 is 57.1 Å². The van der Waals surface area contributed by atoms with E-state index in [2.05, 4.69) is 10.6 Å². The maximum atomic E-state index is 13.7. The maximum absolute atomic E-state index is 13.7. The molecule has 0 aliphatic rings. The van der Waals surface area contributed by atoms with Crippen molar-refractivity contribution in [1.29, 1.82) is 0 Å². The number of para-hydroxylation sites is 2. The van der Waals surface area contributed by atoms with Crippen LogP contribution in [-0.4, -0.2) is 55.5 Å². The summed E-state index contributed by atoms with van der Waals surface area (Å²) in [6.45, 7) is 1.53. The Morgan fingerprint density at radius 3 is 1.37 bits per heavy atom. The van der Waals surface area contributed by atoms with Crippen molar-refractivity contribution in [2.75, 3.05) is 24.6 Å². The molecule has 0 aliphatic carbocycles. The fourth-order valence-corrected chi connectivity index (χ4v) is 7.35. The first-order chi connectivity index (χ1) is 25.0. The minimum atomic E-state index is -0.210. The molecule has 6 rings (SSSR count). The fourth-order valence-electron chi connectivity index (χ4n) is 5.64. The van der Waals surface area contributed by atoms with Gasteiger partial charge in [-0.05, 0) is 54.7 Å². The van der Waals surface area contributed by atoms with Gasteiger partial charge in [-0.1, -0.05) is 108 Å². The summed E-state index contributed by atoms with van der Waals surface area (Å²) in [5, 5.41) is 7.73. The summed E-state index contributed by atoms with van der Waals surface area (Å²) in [4.78, 5) is 62.4. The van der Waals surface area contributed by atoms with Gasteiger partial charge in [0, 0.05) is 26.2 Å². The van der Waals surface area contributed by atoms with Crippen LogP contribution in [0.2, 0.25) is 0 Å². The summed E-state index contributed by atoms with van der Waals surface area (Å²) in [6, 6.07) is 34.2. The molecule has 0 bridgehead atoms. The lowest BCUT2D eigenvalue weighted by atomic mass is 10.1. The van der Waals surface area contributed by atoms with E-state index in [4.69, 9.17) is 9.97 Å². The van der Waals surface area contributed by atoms with Crippen LogP contribution in [0.5, 0.6) is 0 Å². The van der Waals surface area contributed by atoms with Crippen LogP contribution < -0.4 is 21.8 Å². The highest BCUT2D eigenvalue weighted by Crippen LogP contribution is 2.20. The molecule has 6 aromatic rings. The number of carbonyl (C=O) groups is 2. The Bertz CT molecular complexity index is 2080. The zero-order valence-corrected chi connectivity index (χ0v) is 29.6. The third kappa shape index (κ3) is 9.53. The molecule has 0 saturated carbocycles. The average molecular weight is 719 g/mol. The van der Waals surface area contributed by atoms with E-state index in [1.807, 2.05) is 72.8 Å². The van der Waals surface area contributed by atoms with E-state index in [0.717, 1.165) is 24.0 Å². The van der Waals surface area contributed by atoms with Gasteiger partial charge in [0.05, 0.1) is 33.3 Å². The molecular weight excluding hydrogens is 681 g/mol. The van der Waals surface area contributed by atoms with Gasteiger partial charge >= 0.3 is 0 Å². The lowest BCUT2D eigenvalue weighted by Gasteiger charge is -2.16. The van der Waals surface area contributed by atoms with Gasteiger partial charge < -0.3 is 10.6 Å². The summed E-state index contributed by atoms with van der Waals surface area (Å²) in [5.74, 6) is -0.0993. The minimum absolute atomic E-state index is 0.0990. The molecule has 0 unspecified atom stereocenters. The molecule has 4 aromatic carbocycles. The van der Waals surface area contributed by atoms with Crippen molar-refractivity contribution in [2.45, 2.75) is 42.7 Å². The van der Waals surface area contributed by atoms with Gasteiger partial charge in [-0.15, -0.1) is 0 Å². The number of amides is 2. The molecule has 260 valence electrons. The van der Waals surface area contributed by atoms with Crippen molar-refractivity contribution in [3.63, 3.8) is 0 Å². The first-order valence-electron chi connectivity index (χ1n) is 16.8. The lowest BCUT2D eigenvalue weighted by Crippen LogP contribution is -2.29. The molecule has 0 fully saturated rings. The van der Waals surface area contributed by atoms with E-state index in [1.54, 1.807) is 45.5 Å². The molecule has 0 radical (unpaired) electrons. The van der Waals surface area contributed by atoms with E-state index >= 15 is 0 Å². The third-order valence-corrected chi connectivity index (χ3v) is 10.2. The predicted molar refractivity (Wildman–Crippen MR) is 204 cm³/mol. The summed E-state index contributed by atoms with van der Waals surface area (Å²) in [5.41, 5.74) is 2.97. The Hall–Kier alpha value is -5.20. The Kier molecular flexibility index (Phi) is 12.3. The van der Waals surface area contributed by atoms with Gasteiger partial charge in [0.25, 0.3) is 11.1 Å². The highest BCUT2D eigenvalue weighted by atomic mass is 32.2. The topological polar surface area (TPSA) is 128 Å². The SMILES string of the molecule is O=C(CSc1nc2ccccc2c(=O)n1CCCn1c(SCC(=O)NCCc2ccccc2)nc2ccccc2c1=O)NCCc1ccccc1. The third-order valence-electron chi connectivity index (χ3n) is 8.24. The molecule has 0 aliphatic heterocycles. The number of fused-ring (bicyclic) bond motifs is 2. The largest absolute Gasteiger partial charge is 0.355 e. The van der Waals surface area contributed by atoms with E-state index in [0.29, 0.717) is 51.6 Å². The standard InChI is InChI=1S/C39H38N6O4S2/c46-34(40-22-20-28-12-3-1-4-13-28)26-50-38-42-32-18-9-7-16-30(32)36(48)44(38)24-11-25-45-37(49)31-17-8-10-19-33(31)43-39(45)51-27-35(47)41-23-21-29-14-5-2-6-15-29/h1-10,12-19H,11,20-27H2,(H,40,46)(H,41,47). The molecule has 2 heterocycles. The van der Waals surface area contributed by atoms with Gasteiger partial charge in [0.1, 0.15) is 0 Å². The van der Waals surface area contributed by atoms with Crippen LogP contribution in [0.1, 0.15) is 17.5 Å². The highest BCUT2D eigenvalue weighted by Gasteiger charge is 2.16. The van der Waals surface area contributed by atoms with Gasteiger partial charge in [0.15, 0.2) is 10.3 Å². The second kappa shape index (κ2) is 17.6. The van der Waals surface area contributed by atoms with Crippen LogP contribution in [-0.2, 0) is 35.5 Å². The first kappa shape index (κ1) is 35.6. The molecule has 51 heavy (non-hydrogen) atoms. The first-order valence-corrected chi connectivity index (χ1v) is 18.8. The number of benzene rings is 4. The molecule has 0 spiro atoms. The van der Waals surface area contributed by atoms with Crippen LogP contribution in [0.3, 0.4) is 0 Å². The second-order valence-electron chi connectivity index (χ2n) is 11.8. The quantitative estimate of drug-likeness (QED) is 0.105. The van der Waals surface area contributed by atoms with Crippen molar-refractivity contribution in [2.24, 2.45) is 0 Å². The van der Waals surface area contributed by atoms with Crippen LogP contribution in [0.15, 0.2) is 129 Å². The molecule has 0 atom stereocenters. The number of nitrogens with one attached hydrogen (secondary N) is 2. The minimum Gasteiger partial charge on any atom is -0.355 e. The summed E-state index contributed by atoms with van der Waals surface area (Å²) in [6.07, 6.45) is 1.85. The number of hydrogen-bond donors (Lipinski definition) is 2. The van der Waals surface area contributed by atoms with Crippen molar-refractivity contribution in [1.82, 2.24) is 29.7 Å². The maximum Gasteiger partial charge on any atom is 0.262 e. The number of carbonyl (C=O) groups excluding carboxylic acids is 2. The monoisotopic (exact) mass is 718 g/mol. The van der Waals surface area contributed by atoms with E-state index in [1.165, 1.54) is 23.5 Å². The van der Waals surface area contributed by atoms with Crippen molar-refractivity contribution in [3.8, 4) is 0 Å². The second-order valence-corrected chi connectivity index (χ2v) is 13.7. The molecule has 2 aromatic heterocycles. The van der Waals surface area contributed by atoms with Gasteiger partial charge in [-0.2, -0.15) is 0 Å². The van der Waals surface area contributed by atoms with Crippen LogP contribution in [0.25, 0.3) is 21.8 Å². The van der Waals surface area contributed by atoms with Crippen LogP contribution in [0.4, 0.5) is 0 Å². The lowest BCUT2D eigenvalue weighted by molar-refractivity contribution is -0.119. The molecule has 12 heteroatoms. The number of hydrogen-bond acceptors (Lipinski definition) is 8. The molecule has 2 N–H and O–H groups in total. The van der Waals surface area contributed by atoms with E-state index in [9.17, 15) is 19.2 Å². The number of aromatic nitrogens is 4. The molecular formula is C39H38N6O4S2. The Morgan fingerprint density at radius 2 is 0.941 bits per heavy atom. The number of thioether (sulfide) groups is 2. The average Bonchev–Trinajstić information content (AvgIpc) is 3.16. The van der Waals surface area contributed by atoms with Gasteiger partial charge in [-0.3, -0.25) is 28.3 Å². The zero-order chi connectivity index (χ0) is 35.4. The Labute approximate surface area is 303 Å². The summed E-state index contributed by atoms with van der Waals surface area (Å²) >= 11 is 2.42. The van der Waals surface area contributed by atoms with E-state index in [-0.39, 0.29) is 47.5 Å². The Morgan fingerprint density at radius 1 is 0.549 bits per heavy atom. The van der Waals surface area contributed by atoms with Crippen molar-refractivity contribution < 1.29 is 9.59 Å². The number of nitrogens with zero attached hydrogens (tertiary/aromatic N) is 4. The normalized spacial score (nSPS) is 11.1.